The van der Waals surface area contributed by atoms with Gasteiger partial charge in [0.05, 0.1) is 5.71 Å². The van der Waals surface area contributed by atoms with Crippen molar-refractivity contribution in [1.29, 1.82) is 0 Å². The van der Waals surface area contributed by atoms with E-state index in [1.54, 1.807) is 12.4 Å². The Hall–Kier alpha value is -1.38. The van der Waals surface area contributed by atoms with Gasteiger partial charge in [0.25, 0.3) is 0 Å². The number of unbranched alkanes of at least 4 members (excludes halogenated alkanes) is 9. The lowest BCUT2D eigenvalue weighted by atomic mass is 10.0. The van der Waals surface area contributed by atoms with Crippen LogP contribution in [0.1, 0.15) is 83.1 Å². The Morgan fingerprint density at radius 3 is 1.95 bits per heavy atom. The Labute approximate surface area is 129 Å². The van der Waals surface area contributed by atoms with Crippen LogP contribution in [0.15, 0.2) is 29.7 Å². The molecule has 0 aromatic carbocycles. The maximum absolute atomic E-state index is 9.09. The highest BCUT2D eigenvalue weighted by molar-refractivity contribution is 5.99. The first-order chi connectivity index (χ1) is 10.4. The molecule has 21 heavy (non-hydrogen) atoms. The van der Waals surface area contributed by atoms with Crippen molar-refractivity contribution in [2.75, 3.05) is 0 Å². The van der Waals surface area contributed by atoms with E-state index in [1.807, 2.05) is 12.1 Å². The lowest BCUT2D eigenvalue weighted by Crippen LogP contribution is -2.01. The number of hydrogen-bond acceptors (Lipinski definition) is 3. The molecule has 3 heteroatoms. The van der Waals surface area contributed by atoms with Crippen LogP contribution in [-0.2, 0) is 0 Å². The standard InChI is InChI=1S/C18H30N2O/c1-2-3-4-5-6-7-8-9-10-11-12-18(20-21)17-13-15-19-16-14-17/h13-16,21H,2-12H2,1H3. The maximum Gasteiger partial charge on any atom is 0.0868 e. The molecule has 0 aliphatic rings. The molecule has 0 saturated carbocycles. The van der Waals surface area contributed by atoms with Gasteiger partial charge in [0.15, 0.2) is 0 Å². The van der Waals surface area contributed by atoms with E-state index in [2.05, 4.69) is 17.1 Å². The third-order valence-corrected chi connectivity index (χ3v) is 3.90. The first-order valence-electron chi connectivity index (χ1n) is 8.49. The molecular weight excluding hydrogens is 260 g/mol. The van der Waals surface area contributed by atoms with E-state index >= 15 is 0 Å². The summed E-state index contributed by atoms with van der Waals surface area (Å²) in [5, 5.41) is 12.5. The smallest absolute Gasteiger partial charge is 0.0868 e. The van der Waals surface area contributed by atoms with Crippen LogP contribution in [-0.4, -0.2) is 15.9 Å². The van der Waals surface area contributed by atoms with Gasteiger partial charge < -0.3 is 5.21 Å². The second kappa shape index (κ2) is 12.4. The molecule has 0 radical (unpaired) electrons. The Morgan fingerprint density at radius 1 is 0.905 bits per heavy atom. The quantitative estimate of drug-likeness (QED) is 0.237. The van der Waals surface area contributed by atoms with Crippen LogP contribution in [0.5, 0.6) is 0 Å². The lowest BCUT2D eigenvalue weighted by Gasteiger charge is -2.05. The van der Waals surface area contributed by atoms with Crippen LogP contribution < -0.4 is 0 Å². The van der Waals surface area contributed by atoms with Crippen LogP contribution in [0.25, 0.3) is 0 Å². The van der Waals surface area contributed by atoms with Crippen LogP contribution >= 0.6 is 0 Å². The maximum atomic E-state index is 9.09. The topological polar surface area (TPSA) is 45.5 Å². The van der Waals surface area contributed by atoms with E-state index in [4.69, 9.17) is 5.21 Å². The normalized spacial score (nSPS) is 11.8. The number of oxime groups is 1. The van der Waals surface area contributed by atoms with Crippen molar-refractivity contribution in [2.24, 2.45) is 5.16 Å². The van der Waals surface area contributed by atoms with Gasteiger partial charge in [-0.2, -0.15) is 0 Å². The van der Waals surface area contributed by atoms with Gasteiger partial charge >= 0.3 is 0 Å². The third kappa shape index (κ3) is 8.49. The molecule has 0 spiro atoms. The summed E-state index contributed by atoms with van der Waals surface area (Å²) in [5.41, 5.74) is 1.75. The van der Waals surface area contributed by atoms with Crippen molar-refractivity contribution in [2.45, 2.75) is 77.6 Å². The van der Waals surface area contributed by atoms with Gasteiger partial charge in [-0.1, -0.05) is 69.9 Å². The minimum atomic E-state index is 0.775. The van der Waals surface area contributed by atoms with E-state index < -0.39 is 0 Å². The number of rotatable bonds is 12. The average Bonchev–Trinajstić information content (AvgIpc) is 2.54. The average molecular weight is 290 g/mol. The predicted octanol–water partition coefficient (Wildman–Crippen LogP) is 5.57. The van der Waals surface area contributed by atoms with Crippen molar-refractivity contribution in [1.82, 2.24) is 4.98 Å². The highest BCUT2D eigenvalue weighted by Gasteiger charge is 2.03. The van der Waals surface area contributed by atoms with Gasteiger partial charge in [0.1, 0.15) is 0 Å². The Kier molecular flexibility index (Phi) is 10.4. The van der Waals surface area contributed by atoms with Crippen molar-refractivity contribution < 1.29 is 5.21 Å². The molecule has 118 valence electrons. The SMILES string of the molecule is CCCCCCCCCCCCC(=NO)c1ccncc1. The fraction of sp³-hybridized carbons (Fsp3) is 0.667. The van der Waals surface area contributed by atoms with Crippen LogP contribution in [0.4, 0.5) is 0 Å². The van der Waals surface area contributed by atoms with Gasteiger partial charge in [0, 0.05) is 18.0 Å². The first kappa shape index (κ1) is 17.7. The third-order valence-electron chi connectivity index (χ3n) is 3.90. The fourth-order valence-electron chi connectivity index (χ4n) is 2.58. The number of aromatic nitrogens is 1. The number of hydrogen-bond donors (Lipinski definition) is 1. The van der Waals surface area contributed by atoms with Gasteiger partial charge in [-0.25, -0.2) is 0 Å². The minimum absolute atomic E-state index is 0.775. The first-order valence-corrected chi connectivity index (χ1v) is 8.49. The van der Waals surface area contributed by atoms with Crippen LogP contribution in [0, 0.1) is 0 Å². The summed E-state index contributed by atoms with van der Waals surface area (Å²) in [4.78, 5) is 3.98. The highest BCUT2D eigenvalue weighted by atomic mass is 16.4. The van der Waals surface area contributed by atoms with E-state index in [1.165, 1.54) is 57.8 Å². The molecule has 0 atom stereocenters. The molecule has 1 N–H and O–H groups in total. The molecule has 0 unspecified atom stereocenters. The summed E-state index contributed by atoms with van der Waals surface area (Å²) in [5.74, 6) is 0. The molecule has 0 saturated heterocycles. The van der Waals surface area contributed by atoms with Gasteiger partial charge in [-0.15, -0.1) is 0 Å². The second-order valence-electron chi connectivity index (χ2n) is 5.71. The zero-order valence-corrected chi connectivity index (χ0v) is 13.4. The molecular formula is C18H30N2O. The number of nitrogens with zero attached hydrogens (tertiary/aromatic N) is 2. The summed E-state index contributed by atoms with van der Waals surface area (Å²) < 4.78 is 0. The van der Waals surface area contributed by atoms with Gasteiger partial charge in [0.2, 0.25) is 0 Å². The van der Waals surface area contributed by atoms with E-state index in [0.717, 1.165) is 24.1 Å². The molecule has 0 bridgehead atoms. The van der Waals surface area contributed by atoms with E-state index in [0.29, 0.717) is 0 Å². The predicted molar refractivity (Wildman–Crippen MR) is 89.0 cm³/mol. The molecule has 1 rings (SSSR count). The summed E-state index contributed by atoms with van der Waals surface area (Å²) >= 11 is 0. The molecule has 1 heterocycles. The molecule has 3 nitrogen and oxygen atoms in total. The Morgan fingerprint density at radius 2 is 1.43 bits per heavy atom. The van der Waals surface area contributed by atoms with E-state index in [9.17, 15) is 0 Å². The second-order valence-corrected chi connectivity index (χ2v) is 5.71. The molecule has 1 aromatic rings. The molecule has 0 aliphatic carbocycles. The van der Waals surface area contributed by atoms with Crippen LogP contribution in [0.3, 0.4) is 0 Å². The molecule has 0 aliphatic heterocycles. The minimum Gasteiger partial charge on any atom is -0.411 e. The monoisotopic (exact) mass is 290 g/mol. The summed E-state index contributed by atoms with van der Waals surface area (Å²) in [6.07, 6.45) is 17.5. The molecule has 0 amide bonds. The zero-order valence-electron chi connectivity index (χ0n) is 13.4. The van der Waals surface area contributed by atoms with Crippen molar-refractivity contribution >= 4 is 5.71 Å². The fourth-order valence-corrected chi connectivity index (χ4v) is 2.58. The Balaban J connectivity index is 2.01. The summed E-state index contributed by atoms with van der Waals surface area (Å²) in [7, 11) is 0. The summed E-state index contributed by atoms with van der Waals surface area (Å²) in [6, 6.07) is 3.79. The van der Waals surface area contributed by atoms with Crippen molar-refractivity contribution in [3.05, 3.63) is 30.1 Å². The van der Waals surface area contributed by atoms with Crippen molar-refractivity contribution in [3.8, 4) is 0 Å². The summed E-state index contributed by atoms with van der Waals surface area (Å²) in [6.45, 7) is 2.26. The largest absolute Gasteiger partial charge is 0.411 e. The number of pyridine rings is 1. The lowest BCUT2D eigenvalue weighted by molar-refractivity contribution is 0.317. The molecule has 0 fully saturated rings. The van der Waals surface area contributed by atoms with Gasteiger partial charge in [-0.05, 0) is 25.0 Å². The van der Waals surface area contributed by atoms with E-state index in [-0.39, 0.29) is 0 Å². The Bertz CT molecular complexity index is 376. The zero-order chi connectivity index (χ0) is 15.2. The van der Waals surface area contributed by atoms with Crippen molar-refractivity contribution in [3.63, 3.8) is 0 Å². The highest BCUT2D eigenvalue weighted by Crippen LogP contribution is 2.13. The van der Waals surface area contributed by atoms with Gasteiger partial charge in [-0.3, -0.25) is 4.98 Å². The van der Waals surface area contributed by atoms with Crippen LogP contribution in [0.2, 0.25) is 0 Å². The molecule has 1 aromatic heterocycles.